The summed E-state index contributed by atoms with van der Waals surface area (Å²) in [5, 5.41) is 72.3. The summed E-state index contributed by atoms with van der Waals surface area (Å²) in [6.07, 6.45) is -2.87. The second-order valence-corrected chi connectivity index (χ2v) is 3.65. The highest BCUT2D eigenvalue weighted by atomic mass is 32.1. The highest BCUT2D eigenvalue weighted by molar-refractivity contribution is 7.80. The molecule has 0 saturated carbocycles. The Bertz CT molecular complexity index is 243. The molecule has 0 heterocycles. The molecule has 0 rings (SSSR count). The van der Waals surface area contributed by atoms with E-state index in [0.717, 1.165) is 0 Å². The molecule has 0 aromatic rings. The van der Waals surface area contributed by atoms with Gasteiger partial charge in [-0.2, -0.15) is 12.6 Å². The topological polar surface area (TPSA) is 162 Å². The minimum absolute atomic E-state index is 0.853. The highest BCUT2D eigenvalue weighted by Gasteiger charge is 2.60. The Morgan fingerprint density at radius 1 is 0.938 bits per heavy atom. The monoisotopic (exact) mass is 256 g/mol. The van der Waals surface area contributed by atoms with E-state index in [9.17, 15) is 0 Å². The van der Waals surface area contributed by atoms with Crippen LogP contribution in [0.3, 0.4) is 0 Å². The molecule has 0 amide bonds. The van der Waals surface area contributed by atoms with Crippen LogP contribution in [-0.4, -0.2) is 83.9 Å². The molecule has 16 heavy (non-hydrogen) atoms. The summed E-state index contributed by atoms with van der Waals surface area (Å²) < 4.78 is 0. The summed E-state index contributed by atoms with van der Waals surface area (Å²) >= 11 is 3.38. The Kier molecular flexibility index (Phi) is 4.79. The molecule has 94 valence electrons. The Labute approximate surface area is 97.2 Å². The van der Waals surface area contributed by atoms with Crippen LogP contribution in [0.25, 0.3) is 0 Å². The second kappa shape index (κ2) is 4.76. The zero-order chi connectivity index (χ0) is 13.4. The van der Waals surface area contributed by atoms with Gasteiger partial charge in [0.2, 0.25) is 11.6 Å². The molecule has 0 saturated heterocycles. The molecule has 0 aliphatic rings. The van der Waals surface area contributed by atoms with Crippen LogP contribution in [0.15, 0.2) is 0 Å². The van der Waals surface area contributed by atoms with Crippen molar-refractivity contribution in [3.63, 3.8) is 0 Å². The molecule has 2 unspecified atom stereocenters. The second-order valence-electron chi connectivity index (χ2n) is 3.34. The number of aliphatic hydroxyl groups excluding tert-OH is 2. The third-order valence-corrected chi connectivity index (χ3v) is 2.47. The zero-order valence-corrected chi connectivity index (χ0v) is 8.86. The van der Waals surface area contributed by atoms with Crippen LogP contribution in [0, 0.1) is 0 Å². The zero-order valence-electron chi connectivity index (χ0n) is 7.96. The number of aliphatic hydroxyl groups is 8. The fourth-order valence-corrected chi connectivity index (χ4v) is 1.00. The van der Waals surface area contributed by atoms with Gasteiger partial charge in [-0.15, -0.1) is 0 Å². The van der Waals surface area contributed by atoms with E-state index in [1.807, 2.05) is 0 Å². The lowest BCUT2D eigenvalue weighted by atomic mass is 9.82. The van der Waals surface area contributed by atoms with Gasteiger partial charge in [0.25, 0.3) is 5.79 Å². The average Bonchev–Trinajstić information content (AvgIpc) is 2.15. The maximum Gasteiger partial charge on any atom is 0.252 e. The summed E-state index contributed by atoms with van der Waals surface area (Å²) in [5.41, 5.74) is 0. The third kappa shape index (κ3) is 2.67. The predicted molar refractivity (Wildman–Crippen MR) is 53.1 cm³/mol. The SMILES string of the molecule is [B]C(O)C(O)(O)C(O)(O)C(O)C(O)(O)CS. The lowest BCUT2D eigenvalue weighted by Crippen LogP contribution is -2.72. The number of hydrogen-bond acceptors (Lipinski definition) is 9. The van der Waals surface area contributed by atoms with E-state index in [2.05, 4.69) is 20.5 Å². The molecule has 2 radical (unpaired) electrons. The van der Waals surface area contributed by atoms with E-state index in [1.165, 1.54) is 0 Å². The van der Waals surface area contributed by atoms with Crippen LogP contribution in [0.1, 0.15) is 0 Å². The quantitative estimate of drug-likeness (QED) is 0.134. The van der Waals surface area contributed by atoms with Gasteiger partial charge in [0, 0.05) is 5.75 Å². The molecule has 0 aromatic heterocycles. The van der Waals surface area contributed by atoms with Gasteiger partial charge in [-0.05, 0) is 0 Å². The molecule has 0 bridgehead atoms. The van der Waals surface area contributed by atoms with E-state index < -0.39 is 35.2 Å². The first-order valence-electron chi connectivity index (χ1n) is 3.98. The molecule has 10 heteroatoms. The Hall–Kier alpha value is 0.0949. The lowest BCUT2D eigenvalue weighted by molar-refractivity contribution is -0.425. The van der Waals surface area contributed by atoms with Gasteiger partial charge in [0.15, 0.2) is 6.10 Å². The van der Waals surface area contributed by atoms with Crippen molar-refractivity contribution < 1.29 is 40.9 Å². The summed E-state index contributed by atoms with van der Waals surface area (Å²) in [6.45, 7) is 0. The van der Waals surface area contributed by atoms with Gasteiger partial charge in [-0.1, -0.05) is 0 Å². The fraction of sp³-hybridized carbons (Fsp3) is 1.00. The lowest BCUT2D eigenvalue weighted by Gasteiger charge is -2.43. The summed E-state index contributed by atoms with van der Waals surface area (Å²) in [6, 6.07) is -2.58. The molecule has 8 N–H and O–H groups in total. The van der Waals surface area contributed by atoms with E-state index in [0.29, 0.717) is 0 Å². The van der Waals surface area contributed by atoms with Crippen LogP contribution in [-0.2, 0) is 0 Å². The minimum Gasteiger partial charge on any atom is -0.397 e. The van der Waals surface area contributed by atoms with E-state index in [4.69, 9.17) is 40.9 Å². The van der Waals surface area contributed by atoms with Crippen molar-refractivity contribution in [3.8, 4) is 0 Å². The Balaban J connectivity index is 5.21. The normalized spacial score (nSPS) is 18.3. The summed E-state index contributed by atoms with van der Waals surface area (Å²) in [7, 11) is 4.62. The van der Waals surface area contributed by atoms with Crippen LogP contribution < -0.4 is 0 Å². The van der Waals surface area contributed by atoms with Crippen molar-refractivity contribution >= 4 is 20.5 Å². The van der Waals surface area contributed by atoms with E-state index in [-0.39, 0.29) is 0 Å². The molecule has 0 aromatic carbocycles. The van der Waals surface area contributed by atoms with Crippen molar-refractivity contribution in [2.75, 3.05) is 5.75 Å². The van der Waals surface area contributed by atoms with Crippen molar-refractivity contribution in [3.05, 3.63) is 0 Å². The van der Waals surface area contributed by atoms with Crippen LogP contribution in [0.4, 0.5) is 0 Å². The molecule has 2 atom stereocenters. The Morgan fingerprint density at radius 2 is 1.31 bits per heavy atom. The first-order chi connectivity index (χ1) is 6.91. The number of rotatable bonds is 5. The van der Waals surface area contributed by atoms with Gasteiger partial charge in [-0.25, -0.2) is 0 Å². The van der Waals surface area contributed by atoms with Crippen LogP contribution >= 0.6 is 12.6 Å². The molecule has 0 aliphatic heterocycles. The summed E-state index contributed by atoms with van der Waals surface area (Å²) in [5.74, 6) is -11.7. The number of hydrogen-bond donors (Lipinski definition) is 9. The van der Waals surface area contributed by atoms with Gasteiger partial charge >= 0.3 is 0 Å². The fourth-order valence-electron chi connectivity index (χ4n) is 0.828. The number of thiol groups is 1. The molecule has 0 fully saturated rings. The first kappa shape index (κ1) is 16.1. The van der Waals surface area contributed by atoms with E-state index in [1.54, 1.807) is 0 Å². The van der Waals surface area contributed by atoms with Crippen LogP contribution in [0.5, 0.6) is 0 Å². The van der Waals surface area contributed by atoms with Gasteiger partial charge < -0.3 is 40.9 Å². The van der Waals surface area contributed by atoms with Crippen molar-refractivity contribution in [2.45, 2.75) is 29.5 Å². The van der Waals surface area contributed by atoms with Crippen molar-refractivity contribution in [2.24, 2.45) is 0 Å². The molecule has 0 spiro atoms. The predicted octanol–water partition coefficient (Wildman–Crippen LogP) is -5.19. The maximum absolute atomic E-state index is 9.16. The van der Waals surface area contributed by atoms with E-state index >= 15 is 0 Å². The maximum atomic E-state index is 9.16. The average molecular weight is 256 g/mol. The minimum atomic E-state index is -3.90. The smallest absolute Gasteiger partial charge is 0.252 e. The standard InChI is InChI=1S/C6H13BO8S/c7-3(9)6(14,15)5(12,13)2(8)4(10,11)1-16/h2-3,8-16H,1H2. The Morgan fingerprint density at radius 3 is 1.56 bits per heavy atom. The molecular formula is C6H13BO8S. The summed E-state index contributed by atoms with van der Waals surface area (Å²) in [4.78, 5) is 0. The third-order valence-electron chi connectivity index (χ3n) is 2.01. The first-order valence-corrected chi connectivity index (χ1v) is 4.61. The largest absolute Gasteiger partial charge is 0.397 e. The van der Waals surface area contributed by atoms with Gasteiger partial charge in [-0.3, -0.25) is 0 Å². The van der Waals surface area contributed by atoms with Crippen molar-refractivity contribution in [1.82, 2.24) is 0 Å². The van der Waals surface area contributed by atoms with Gasteiger partial charge in [0.05, 0.1) is 6.00 Å². The molecule has 0 aliphatic carbocycles. The highest BCUT2D eigenvalue weighted by Crippen LogP contribution is 2.29. The molecule has 8 nitrogen and oxygen atoms in total. The van der Waals surface area contributed by atoms with Gasteiger partial charge in [0.1, 0.15) is 7.85 Å². The van der Waals surface area contributed by atoms with Crippen molar-refractivity contribution in [1.29, 1.82) is 0 Å². The molecular weight excluding hydrogens is 243 g/mol. The van der Waals surface area contributed by atoms with Crippen LogP contribution in [0.2, 0.25) is 0 Å².